The van der Waals surface area contributed by atoms with E-state index in [1.165, 1.54) is 0 Å². The van der Waals surface area contributed by atoms with Gasteiger partial charge in [0, 0.05) is 0 Å². The zero-order chi connectivity index (χ0) is 8.85. The predicted molar refractivity (Wildman–Crippen MR) is 49.4 cm³/mol. The van der Waals surface area contributed by atoms with E-state index in [2.05, 4.69) is 26.8 Å². The highest BCUT2D eigenvalue weighted by Crippen LogP contribution is 2.14. The molecule has 1 nitrogen and oxygen atoms in total. The SMILES string of the molecule is CC(O)/C=C/CC(C)C(C)C. The Morgan fingerprint density at radius 2 is 1.73 bits per heavy atom. The summed E-state index contributed by atoms with van der Waals surface area (Å²) in [5.74, 6) is 1.44. The maximum Gasteiger partial charge on any atom is 0.0692 e. The fourth-order valence-corrected chi connectivity index (χ4v) is 0.762. The van der Waals surface area contributed by atoms with E-state index in [0.717, 1.165) is 12.3 Å². The predicted octanol–water partition coefficient (Wildman–Crippen LogP) is 2.61. The molecule has 1 heteroatoms. The molecule has 0 amide bonds. The van der Waals surface area contributed by atoms with Gasteiger partial charge in [0.1, 0.15) is 0 Å². The van der Waals surface area contributed by atoms with Crippen LogP contribution in [0.15, 0.2) is 12.2 Å². The summed E-state index contributed by atoms with van der Waals surface area (Å²) in [4.78, 5) is 0. The van der Waals surface area contributed by atoms with E-state index in [0.29, 0.717) is 5.92 Å². The lowest BCUT2D eigenvalue weighted by molar-refractivity contribution is 0.243. The second-order valence-corrected chi connectivity index (χ2v) is 3.63. The quantitative estimate of drug-likeness (QED) is 0.620. The second kappa shape index (κ2) is 5.36. The van der Waals surface area contributed by atoms with Crippen molar-refractivity contribution in [1.29, 1.82) is 0 Å². The van der Waals surface area contributed by atoms with Gasteiger partial charge in [-0.3, -0.25) is 0 Å². The molecule has 0 saturated heterocycles. The van der Waals surface area contributed by atoms with Gasteiger partial charge < -0.3 is 5.11 Å². The highest BCUT2D eigenvalue weighted by atomic mass is 16.3. The molecule has 2 unspecified atom stereocenters. The van der Waals surface area contributed by atoms with E-state index in [1.54, 1.807) is 6.92 Å². The summed E-state index contributed by atoms with van der Waals surface area (Å²) in [5.41, 5.74) is 0. The van der Waals surface area contributed by atoms with Gasteiger partial charge in [-0.2, -0.15) is 0 Å². The normalized spacial score (nSPS) is 17.6. The lowest BCUT2D eigenvalue weighted by Gasteiger charge is -2.12. The molecular formula is C10H20O. The number of hydrogen-bond acceptors (Lipinski definition) is 1. The maximum atomic E-state index is 8.92. The fourth-order valence-electron chi connectivity index (χ4n) is 0.762. The van der Waals surface area contributed by atoms with Gasteiger partial charge in [0.25, 0.3) is 0 Å². The van der Waals surface area contributed by atoms with Crippen molar-refractivity contribution >= 4 is 0 Å². The topological polar surface area (TPSA) is 20.2 Å². The Hall–Kier alpha value is -0.300. The first kappa shape index (κ1) is 10.7. The molecule has 0 aliphatic rings. The van der Waals surface area contributed by atoms with Crippen LogP contribution in [-0.4, -0.2) is 11.2 Å². The average Bonchev–Trinajstić information content (AvgIpc) is 1.86. The van der Waals surface area contributed by atoms with Crippen LogP contribution in [0.4, 0.5) is 0 Å². The molecule has 0 heterocycles. The minimum atomic E-state index is -0.297. The summed E-state index contributed by atoms with van der Waals surface area (Å²) in [6.07, 6.45) is 4.69. The van der Waals surface area contributed by atoms with Crippen molar-refractivity contribution in [3.05, 3.63) is 12.2 Å². The molecule has 0 rings (SSSR count). The van der Waals surface area contributed by atoms with Crippen molar-refractivity contribution < 1.29 is 5.11 Å². The van der Waals surface area contributed by atoms with Crippen LogP contribution in [0, 0.1) is 11.8 Å². The first-order chi connectivity index (χ1) is 5.04. The first-order valence-corrected chi connectivity index (χ1v) is 4.38. The van der Waals surface area contributed by atoms with E-state index in [4.69, 9.17) is 5.11 Å². The van der Waals surface area contributed by atoms with Gasteiger partial charge in [-0.25, -0.2) is 0 Å². The molecule has 0 aromatic heterocycles. The number of aliphatic hydroxyl groups excluding tert-OH is 1. The number of hydrogen-bond donors (Lipinski definition) is 1. The van der Waals surface area contributed by atoms with E-state index in [9.17, 15) is 0 Å². The zero-order valence-electron chi connectivity index (χ0n) is 8.04. The molecular weight excluding hydrogens is 136 g/mol. The van der Waals surface area contributed by atoms with E-state index < -0.39 is 0 Å². The average molecular weight is 156 g/mol. The van der Waals surface area contributed by atoms with Crippen molar-refractivity contribution in [2.24, 2.45) is 11.8 Å². The summed E-state index contributed by atoms with van der Waals surface area (Å²) in [5, 5.41) is 8.92. The van der Waals surface area contributed by atoms with Gasteiger partial charge >= 0.3 is 0 Å². The third-order valence-corrected chi connectivity index (χ3v) is 2.06. The Balaban J connectivity index is 3.53. The van der Waals surface area contributed by atoms with Gasteiger partial charge in [-0.1, -0.05) is 32.9 Å². The molecule has 0 fully saturated rings. The second-order valence-electron chi connectivity index (χ2n) is 3.63. The summed E-state index contributed by atoms with van der Waals surface area (Å²) < 4.78 is 0. The van der Waals surface area contributed by atoms with Gasteiger partial charge in [0.2, 0.25) is 0 Å². The van der Waals surface area contributed by atoms with Crippen LogP contribution in [0.3, 0.4) is 0 Å². The fraction of sp³-hybridized carbons (Fsp3) is 0.800. The molecule has 0 aliphatic carbocycles. The lowest BCUT2D eigenvalue weighted by atomic mass is 9.94. The van der Waals surface area contributed by atoms with Gasteiger partial charge in [-0.15, -0.1) is 0 Å². The maximum absolute atomic E-state index is 8.92. The number of allylic oxidation sites excluding steroid dienone is 1. The van der Waals surface area contributed by atoms with Crippen LogP contribution < -0.4 is 0 Å². The van der Waals surface area contributed by atoms with Crippen LogP contribution in [0.5, 0.6) is 0 Å². The summed E-state index contributed by atoms with van der Waals surface area (Å²) in [6, 6.07) is 0. The largest absolute Gasteiger partial charge is 0.389 e. The van der Waals surface area contributed by atoms with Crippen molar-refractivity contribution in [3.63, 3.8) is 0 Å². The van der Waals surface area contributed by atoms with E-state index in [1.807, 2.05) is 6.08 Å². The standard InChI is InChI=1S/C10H20O/c1-8(2)9(3)6-5-7-10(4)11/h5,7-11H,6H2,1-4H3/b7-5+. The zero-order valence-corrected chi connectivity index (χ0v) is 8.04. The Morgan fingerprint density at radius 1 is 1.18 bits per heavy atom. The first-order valence-electron chi connectivity index (χ1n) is 4.38. The Bertz CT molecular complexity index is 114. The van der Waals surface area contributed by atoms with Crippen molar-refractivity contribution in [2.45, 2.75) is 40.2 Å². The molecule has 0 aromatic carbocycles. The summed E-state index contributed by atoms with van der Waals surface area (Å²) in [6.45, 7) is 8.45. The summed E-state index contributed by atoms with van der Waals surface area (Å²) >= 11 is 0. The van der Waals surface area contributed by atoms with Crippen molar-refractivity contribution in [3.8, 4) is 0 Å². The monoisotopic (exact) mass is 156 g/mol. The molecule has 0 radical (unpaired) electrons. The Labute approximate surface area is 70.1 Å². The van der Waals surface area contributed by atoms with Gasteiger partial charge in [0.15, 0.2) is 0 Å². The third-order valence-electron chi connectivity index (χ3n) is 2.06. The highest BCUT2D eigenvalue weighted by molar-refractivity contribution is 4.87. The van der Waals surface area contributed by atoms with Crippen LogP contribution >= 0.6 is 0 Å². The molecule has 0 saturated carbocycles. The smallest absolute Gasteiger partial charge is 0.0692 e. The molecule has 11 heavy (non-hydrogen) atoms. The molecule has 1 N–H and O–H groups in total. The van der Waals surface area contributed by atoms with Crippen molar-refractivity contribution in [1.82, 2.24) is 0 Å². The highest BCUT2D eigenvalue weighted by Gasteiger charge is 2.03. The number of rotatable bonds is 4. The molecule has 0 aliphatic heterocycles. The molecule has 2 atom stereocenters. The van der Waals surface area contributed by atoms with Gasteiger partial charge in [-0.05, 0) is 25.2 Å². The Kier molecular flexibility index (Phi) is 5.22. The van der Waals surface area contributed by atoms with Crippen molar-refractivity contribution in [2.75, 3.05) is 0 Å². The third kappa shape index (κ3) is 6.11. The van der Waals surface area contributed by atoms with Crippen LogP contribution in [0.25, 0.3) is 0 Å². The molecule has 0 bridgehead atoms. The minimum Gasteiger partial charge on any atom is -0.389 e. The lowest BCUT2D eigenvalue weighted by Crippen LogP contribution is -2.02. The summed E-state index contributed by atoms with van der Waals surface area (Å²) in [7, 11) is 0. The van der Waals surface area contributed by atoms with Crippen LogP contribution in [0.1, 0.15) is 34.1 Å². The molecule has 0 aromatic rings. The van der Waals surface area contributed by atoms with E-state index >= 15 is 0 Å². The van der Waals surface area contributed by atoms with Crippen LogP contribution in [-0.2, 0) is 0 Å². The molecule has 66 valence electrons. The molecule has 0 spiro atoms. The minimum absolute atomic E-state index is 0.297. The van der Waals surface area contributed by atoms with E-state index in [-0.39, 0.29) is 6.10 Å². The van der Waals surface area contributed by atoms with Crippen LogP contribution in [0.2, 0.25) is 0 Å². The van der Waals surface area contributed by atoms with Gasteiger partial charge in [0.05, 0.1) is 6.10 Å². The number of aliphatic hydroxyl groups is 1. The Morgan fingerprint density at radius 3 is 2.09 bits per heavy atom.